The van der Waals surface area contributed by atoms with Crippen LogP contribution in [0.1, 0.15) is 5.56 Å². The van der Waals surface area contributed by atoms with Crippen LogP contribution < -0.4 is 15.5 Å². The van der Waals surface area contributed by atoms with E-state index in [2.05, 4.69) is 10.6 Å². The maximum Gasteiger partial charge on any atom is 0.335 e. The third-order valence-corrected chi connectivity index (χ3v) is 6.15. The molecule has 0 bridgehead atoms. The van der Waals surface area contributed by atoms with Crippen molar-refractivity contribution in [2.75, 3.05) is 25.2 Å². The average molecular weight is 497 g/mol. The highest BCUT2D eigenvalue weighted by atomic mass is 16.5. The second-order valence-electron chi connectivity index (χ2n) is 8.56. The van der Waals surface area contributed by atoms with Crippen LogP contribution in [0.15, 0.2) is 78.5 Å². The van der Waals surface area contributed by atoms with Crippen LogP contribution in [0.3, 0.4) is 0 Å². The van der Waals surface area contributed by atoms with Gasteiger partial charge in [0.1, 0.15) is 12.1 Å². The number of nitrogens with one attached hydrogen (secondary N) is 2. The van der Waals surface area contributed by atoms with Crippen molar-refractivity contribution in [1.82, 2.24) is 15.2 Å². The molecule has 2 N–H and O–H groups in total. The highest BCUT2D eigenvalue weighted by Gasteiger charge is 2.37. The molecule has 0 aliphatic carbocycles. The van der Waals surface area contributed by atoms with Crippen molar-refractivity contribution < 1.29 is 23.9 Å². The van der Waals surface area contributed by atoms with Gasteiger partial charge in [-0.1, -0.05) is 48.5 Å². The van der Waals surface area contributed by atoms with Gasteiger partial charge in [-0.3, -0.25) is 19.7 Å². The first kappa shape index (κ1) is 24.0. The van der Waals surface area contributed by atoms with E-state index in [9.17, 15) is 19.2 Å². The molecule has 1 saturated heterocycles. The first-order valence-corrected chi connectivity index (χ1v) is 11.7. The van der Waals surface area contributed by atoms with Crippen molar-refractivity contribution in [1.29, 1.82) is 0 Å². The summed E-state index contributed by atoms with van der Waals surface area (Å²) in [6, 6.07) is 19.4. The smallest absolute Gasteiger partial charge is 0.335 e. The molecule has 9 heteroatoms. The number of carbonyl (C=O) groups is 4. The first-order valence-electron chi connectivity index (χ1n) is 11.7. The predicted molar refractivity (Wildman–Crippen MR) is 140 cm³/mol. The van der Waals surface area contributed by atoms with Gasteiger partial charge in [0.05, 0.1) is 12.3 Å². The molecule has 186 valence electrons. The molecule has 4 aromatic rings. The zero-order chi connectivity index (χ0) is 25.9. The Balaban J connectivity index is 1.50. The fourth-order valence-electron chi connectivity index (χ4n) is 4.39. The van der Waals surface area contributed by atoms with Crippen molar-refractivity contribution in [2.45, 2.75) is 6.54 Å². The summed E-state index contributed by atoms with van der Waals surface area (Å²) in [5.41, 5.74) is 1.52. The molecule has 1 aliphatic rings. The molecule has 0 saturated carbocycles. The normalized spacial score (nSPS) is 15.0. The second-order valence-corrected chi connectivity index (χ2v) is 8.56. The molecular formula is C28H24N4O5. The molecule has 5 amide bonds. The number of anilines is 1. The summed E-state index contributed by atoms with van der Waals surface area (Å²) in [7, 11) is 1.56. The van der Waals surface area contributed by atoms with E-state index in [1.54, 1.807) is 30.0 Å². The van der Waals surface area contributed by atoms with Gasteiger partial charge in [-0.2, -0.15) is 0 Å². The number of methoxy groups -OCH3 is 1. The number of fused-ring (bicyclic) bond motifs is 2. The van der Waals surface area contributed by atoms with Gasteiger partial charge in [-0.15, -0.1) is 0 Å². The van der Waals surface area contributed by atoms with E-state index in [4.69, 9.17) is 4.74 Å². The van der Waals surface area contributed by atoms with Crippen LogP contribution in [-0.2, 0) is 25.7 Å². The number of hydrogen-bond donors (Lipinski definition) is 2. The number of urea groups is 1. The van der Waals surface area contributed by atoms with Gasteiger partial charge in [0.15, 0.2) is 0 Å². The summed E-state index contributed by atoms with van der Waals surface area (Å²) in [4.78, 5) is 52.2. The lowest BCUT2D eigenvalue weighted by molar-refractivity contribution is -0.123. The first-order chi connectivity index (χ1) is 18.0. The summed E-state index contributed by atoms with van der Waals surface area (Å²) in [5.74, 6) is -1.70. The SMILES string of the molecule is COCCNC(=O)Cn1cc(/C=C2/C(=O)NC(=O)N(c3ccc4ccccc4c3)C2=O)c2ccccc21. The highest BCUT2D eigenvalue weighted by Crippen LogP contribution is 2.28. The standard InChI is InChI=1S/C28H24N4O5/c1-37-13-12-29-25(33)17-31-16-20(22-8-4-5-9-24(22)31)15-23-26(34)30-28(36)32(27(23)35)21-11-10-18-6-2-3-7-19(18)14-21/h2-11,14-16H,12-13,17H2,1H3,(H,29,33)(H,30,34,36)/b23-15-. The summed E-state index contributed by atoms with van der Waals surface area (Å²) in [6.07, 6.45) is 3.17. The Bertz CT molecular complexity index is 1590. The van der Waals surface area contributed by atoms with Crippen LogP contribution in [0, 0.1) is 0 Å². The van der Waals surface area contributed by atoms with Gasteiger partial charge in [-0.25, -0.2) is 9.69 Å². The van der Waals surface area contributed by atoms with Crippen molar-refractivity contribution in [3.63, 3.8) is 0 Å². The molecule has 5 rings (SSSR count). The monoisotopic (exact) mass is 496 g/mol. The molecule has 37 heavy (non-hydrogen) atoms. The van der Waals surface area contributed by atoms with Crippen LogP contribution in [0.5, 0.6) is 0 Å². The molecule has 3 aromatic carbocycles. The molecular weight excluding hydrogens is 472 g/mol. The number of hydrogen-bond acceptors (Lipinski definition) is 5. The van der Waals surface area contributed by atoms with Crippen molar-refractivity contribution in [2.24, 2.45) is 0 Å². The van der Waals surface area contributed by atoms with Crippen molar-refractivity contribution in [3.8, 4) is 0 Å². The number of barbiturate groups is 1. The van der Waals surface area contributed by atoms with E-state index in [1.807, 2.05) is 54.6 Å². The minimum atomic E-state index is -0.808. The predicted octanol–water partition coefficient (Wildman–Crippen LogP) is 3.22. The molecule has 2 heterocycles. The molecule has 1 fully saturated rings. The minimum absolute atomic E-state index is 0.0508. The summed E-state index contributed by atoms with van der Waals surface area (Å²) >= 11 is 0. The van der Waals surface area contributed by atoms with Crippen molar-refractivity contribution in [3.05, 3.63) is 84.1 Å². The molecule has 9 nitrogen and oxygen atoms in total. The van der Waals surface area contributed by atoms with Crippen LogP contribution in [0.4, 0.5) is 10.5 Å². The molecule has 0 spiro atoms. The number of para-hydroxylation sites is 1. The number of amides is 5. The highest BCUT2D eigenvalue weighted by molar-refractivity contribution is 6.39. The third-order valence-electron chi connectivity index (χ3n) is 6.15. The third kappa shape index (κ3) is 4.72. The lowest BCUT2D eigenvalue weighted by Gasteiger charge is -2.26. The van der Waals surface area contributed by atoms with E-state index >= 15 is 0 Å². The average Bonchev–Trinajstić information content (AvgIpc) is 3.23. The van der Waals surface area contributed by atoms with Crippen LogP contribution in [0.2, 0.25) is 0 Å². The largest absolute Gasteiger partial charge is 0.383 e. The lowest BCUT2D eigenvalue weighted by Crippen LogP contribution is -2.54. The maximum absolute atomic E-state index is 13.4. The van der Waals surface area contributed by atoms with Gasteiger partial charge >= 0.3 is 6.03 Å². The zero-order valence-corrected chi connectivity index (χ0v) is 20.1. The summed E-state index contributed by atoms with van der Waals surface area (Å²) < 4.78 is 6.72. The van der Waals surface area contributed by atoms with E-state index in [0.29, 0.717) is 24.4 Å². The van der Waals surface area contributed by atoms with E-state index < -0.39 is 17.8 Å². The number of imide groups is 2. The molecule has 1 aliphatic heterocycles. The number of ether oxygens (including phenoxy) is 1. The van der Waals surface area contributed by atoms with Gasteiger partial charge < -0.3 is 14.6 Å². The fraction of sp³-hybridized carbons (Fsp3) is 0.143. The van der Waals surface area contributed by atoms with Gasteiger partial charge in [-0.05, 0) is 35.0 Å². The van der Waals surface area contributed by atoms with Crippen LogP contribution in [0.25, 0.3) is 27.8 Å². The summed E-state index contributed by atoms with van der Waals surface area (Å²) in [5, 5.41) is 7.62. The van der Waals surface area contributed by atoms with Gasteiger partial charge in [0.2, 0.25) is 5.91 Å². The van der Waals surface area contributed by atoms with E-state index in [-0.39, 0.29) is 18.0 Å². The second kappa shape index (κ2) is 10.1. The van der Waals surface area contributed by atoms with Crippen LogP contribution in [-0.4, -0.2) is 48.6 Å². The Morgan fingerprint density at radius 1 is 1.00 bits per heavy atom. The molecule has 0 unspecified atom stereocenters. The number of nitrogens with zero attached hydrogens (tertiary/aromatic N) is 2. The number of benzene rings is 3. The minimum Gasteiger partial charge on any atom is -0.383 e. The molecule has 1 aromatic heterocycles. The Morgan fingerprint density at radius 3 is 2.57 bits per heavy atom. The maximum atomic E-state index is 13.4. The fourth-order valence-corrected chi connectivity index (χ4v) is 4.39. The van der Waals surface area contributed by atoms with Crippen molar-refractivity contribution >= 4 is 57.2 Å². The molecule has 0 radical (unpaired) electrons. The van der Waals surface area contributed by atoms with Gasteiger partial charge in [0.25, 0.3) is 11.8 Å². The summed E-state index contributed by atoms with van der Waals surface area (Å²) in [6.45, 7) is 0.840. The quantitative estimate of drug-likeness (QED) is 0.232. The van der Waals surface area contributed by atoms with Gasteiger partial charge in [0, 0.05) is 36.3 Å². The number of aromatic nitrogens is 1. The Kier molecular flexibility index (Phi) is 6.53. The number of rotatable bonds is 7. The van der Waals surface area contributed by atoms with E-state index in [0.717, 1.165) is 26.6 Å². The Labute approximate surface area is 212 Å². The molecule has 0 atom stereocenters. The zero-order valence-electron chi connectivity index (χ0n) is 20.1. The Morgan fingerprint density at radius 2 is 1.76 bits per heavy atom. The van der Waals surface area contributed by atoms with Crippen LogP contribution >= 0.6 is 0 Å². The Hall–Kier alpha value is -4.76. The number of carbonyl (C=O) groups excluding carboxylic acids is 4. The lowest BCUT2D eigenvalue weighted by atomic mass is 10.0. The topological polar surface area (TPSA) is 110 Å². The van der Waals surface area contributed by atoms with E-state index in [1.165, 1.54) is 6.08 Å².